The fourth-order valence-corrected chi connectivity index (χ4v) is 2.03. The molecule has 1 aromatic carbocycles. The average molecular weight is 284 g/mol. The predicted molar refractivity (Wildman–Crippen MR) is 83.7 cm³/mol. The molecule has 0 fully saturated rings. The highest BCUT2D eigenvalue weighted by Gasteiger charge is 2.14. The Morgan fingerprint density at radius 3 is 2.43 bits per heavy atom. The Hall–Kier alpha value is -2.43. The van der Waals surface area contributed by atoms with Crippen LogP contribution >= 0.6 is 0 Å². The van der Waals surface area contributed by atoms with Gasteiger partial charge in [-0.2, -0.15) is 0 Å². The summed E-state index contributed by atoms with van der Waals surface area (Å²) >= 11 is 0. The number of hydrogen-bond donors (Lipinski definition) is 1. The number of carbonyl (C=O) groups is 1. The number of nitrogens with one attached hydrogen (secondary N) is 1. The second-order valence-corrected chi connectivity index (χ2v) is 4.70. The molecular weight excluding hydrogens is 264 g/mol. The van der Waals surface area contributed by atoms with Crippen LogP contribution in [0.3, 0.4) is 0 Å². The zero-order valence-corrected chi connectivity index (χ0v) is 12.6. The summed E-state index contributed by atoms with van der Waals surface area (Å²) in [5.41, 5.74) is 2.48. The number of benzene rings is 1. The quantitative estimate of drug-likeness (QED) is 0.917. The Labute approximate surface area is 125 Å². The number of amides is 1. The molecule has 2 rings (SSSR count). The van der Waals surface area contributed by atoms with E-state index < -0.39 is 0 Å². The van der Waals surface area contributed by atoms with Crippen LogP contribution in [0.25, 0.3) is 0 Å². The van der Waals surface area contributed by atoms with Crippen LogP contribution in [0.1, 0.15) is 29.9 Å². The van der Waals surface area contributed by atoms with Gasteiger partial charge < -0.3 is 10.2 Å². The summed E-state index contributed by atoms with van der Waals surface area (Å²) in [6.07, 6.45) is 3.10. The van der Waals surface area contributed by atoms with Crippen LogP contribution in [0.2, 0.25) is 0 Å². The van der Waals surface area contributed by atoms with E-state index in [9.17, 15) is 4.79 Å². The van der Waals surface area contributed by atoms with Crippen molar-refractivity contribution in [3.8, 4) is 0 Å². The van der Waals surface area contributed by atoms with Gasteiger partial charge in [0.25, 0.3) is 5.91 Å². The number of hydrogen-bond acceptors (Lipinski definition) is 4. The third kappa shape index (κ3) is 3.56. The Morgan fingerprint density at radius 2 is 1.86 bits per heavy atom. The van der Waals surface area contributed by atoms with Gasteiger partial charge in [0.2, 0.25) is 0 Å². The summed E-state index contributed by atoms with van der Waals surface area (Å²) in [6.45, 7) is 7.25. The highest BCUT2D eigenvalue weighted by molar-refractivity contribution is 5.92. The molecule has 21 heavy (non-hydrogen) atoms. The molecule has 1 aromatic heterocycles. The number of carbonyl (C=O) groups excluding carboxylic acids is 1. The van der Waals surface area contributed by atoms with Crippen molar-refractivity contribution in [3.05, 3.63) is 47.9 Å². The SMILES string of the molecule is CCN(CC)C(=O)c1cnc(Nc2ccccc2C)cn1. The summed E-state index contributed by atoms with van der Waals surface area (Å²) in [4.78, 5) is 22.3. The molecule has 5 nitrogen and oxygen atoms in total. The molecule has 110 valence electrons. The zero-order valence-electron chi connectivity index (χ0n) is 12.6. The van der Waals surface area contributed by atoms with Gasteiger partial charge in [-0.3, -0.25) is 4.79 Å². The summed E-state index contributed by atoms with van der Waals surface area (Å²) in [6, 6.07) is 7.94. The predicted octanol–water partition coefficient (Wildman–Crippen LogP) is 3.01. The molecule has 0 atom stereocenters. The van der Waals surface area contributed by atoms with Crippen molar-refractivity contribution in [3.63, 3.8) is 0 Å². The van der Waals surface area contributed by atoms with E-state index in [0.29, 0.717) is 24.6 Å². The average Bonchev–Trinajstić information content (AvgIpc) is 2.51. The molecule has 0 aliphatic heterocycles. The maximum atomic E-state index is 12.1. The summed E-state index contributed by atoms with van der Waals surface area (Å²) < 4.78 is 0. The Morgan fingerprint density at radius 1 is 1.14 bits per heavy atom. The van der Waals surface area contributed by atoms with Crippen LogP contribution < -0.4 is 5.32 Å². The third-order valence-electron chi connectivity index (χ3n) is 3.33. The number of anilines is 2. The number of aromatic nitrogens is 2. The van der Waals surface area contributed by atoms with Crippen molar-refractivity contribution in [1.29, 1.82) is 0 Å². The summed E-state index contributed by atoms with van der Waals surface area (Å²) in [5, 5.41) is 3.20. The van der Waals surface area contributed by atoms with E-state index in [0.717, 1.165) is 11.3 Å². The van der Waals surface area contributed by atoms with Crippen LogP contribution in [0.15, 0.2) is 36.7 Å². The molecule has 5 heteroatoms. The van der Waals surface area contributed by atoms with Crippen molar-refractivity contribution in [2.45, 2.75) is 20.8 Å². The minimum absolute atomic E-state index is 0.0880. The van der Waals surface area contributed by atoms with Gasteiger partial charge in [-0.25, -0.2) is 9.97 Å². The van der Waals surface area contributed by atoms with Gasteiger partial charge in [-0.05, 0) is 32.4 Å². The van der Waals surface area contributed by atoms with E-state index in [4.69, 9.17) is 0 Å². The first kappa shape index (κ1) is 15.0. The number of para-hydroxylation sites is 1. The van der Waals surface area contributed by atoms with Crippen LogP contribution in [-0.4, -0.2) is 33.9 Å². The molecule has 1 N–H and O–H groups in total. The molecule has 0 radical (unpaired) electrons. The first-order chi connectivity index (χ1) is 10.2. The molecule has 0 saturated heterocycles. The normalized spacial score (nSPS) is 10.2. The number of rotatable bonds is 5. The second kappa shape index (κ2) is 6.83. The van der Waals surface area contributed by atoms with E-state index in [1.165, 1.54) is 6.20 Å². The number of aryl methyl sites for hydroxylation is 1. The molecule has 1 heterocycles. The van der Waals surface area contributed by atoms with Gasteiger partial charge >= 0.3 is 0 Å². The minimum Gasteiger partial charge on any atom is -0.339 e. The van der Waals surface area contributed by atoms with Gasteiger partial charge in [0.05, 0.1) is 12.4 Å². The van der Waals surface area contributed by atoms with Crippen LogP contribution in [0.4, 0.5) is 11.5 Å². The molecule has 1 amide bonds. The second-order valence-electron chi connectivity index (χ2n) is 4.70. The Bertz CT molecular complexity index is 606. The lowest BCUT2D eigenvalue weighted by atomic mass is 10.2. The lowest BCUT2D eigenvalue weighted by Gasteiger charge is -2.17. The van der Waals surface area contributed by atoms with E-state index in [-0.39, 0.29) is 5.91 Å². The van der Waals surface area contributed by atoms with E-state index in [2.05, 4.69) is 15.3 Å². The van der Waals surface area contributed by atoms with Crippen molar-refractivity contribution in [2.75, 3.05) is 18.4 Å². The maximum Gasteiger partial charge on any atom is 0.274 e. The lowest BCUT2D eigenvalue weighted by Crippen LogP contribution is -2.31. The van der Waals surface area contributed by atoms with Crippen molar-refractivity contribution in [2.24, 2.45) is 0 Å². The molecule has 0 aliphatic rings. The highest BCUT2D eigenvalue weighted by Crippen LogP contribution is 2.17. The van der Waals surface area contributed by atoms with Crippen LogP contribution in [0.5, 0.6) is 0 Å². The monoisotopic (exact) mass is 284 g/mol. The highest BCUT2D eigenvalue weighted by atomic mass is 16.2. The molecular formula is C16H20N4O. The Kier molecular flexibility index (Phi) is 4.87. The summed E-state index contributed by atoms with van der Waals surface area (Å²) in [5.74, 6) is 0.537. The zero-order chi connectivity index (χ0) is 15.2. The fraction of sp³-hybridized carbons (Fsp3) is 0.312. The van der Waals surface area contributed by atoms with Gasteiger partial charge in [-0.15, -0.1) is 0 Å². The Balaban J connectivity index is 2.12. The minimum atomic E-state index is -0.0880. The van der Waals surface area contributed by atoms with Gasteiger partial charge in [0.15, 0.2) is 0 Å². The van der Waals surface area contributed by atoms with Crippen molar-refractivity contribution in [1.82, 2.24) is 14.9 Å². The van der Waals surface area contributed by atoms with E-state index in [1.807, 2.05) is 45.0 Å². The molecule has 0 unspecified atom stereocenters. The third-order valence-corrected chi connectivity index (χ3v) is 3.33. The van der Waals surface area contributed by atoms with Gasteiger partial charge in [0, 0.05) is 18.8 Å². The fourth-order valence-electron chi connectivity index (χ4n) is 2.03. The lowest BCUT2D eigenvalue weighted by molar-refractivity contribution is 0.0766. The van der Waals surface area contributed by atoms with E-state index >= 15 is 0 Å². The molecule has 0 bridgehead atoms. The van der Waals surface area contributed by atoms with Gasteiger partial charge in [-0.1, -0.05) is 18.2 Å². The van der Waals surface area contributed by atoms with Crippen molar-refractivity contribution >= 4 is 17.4 Å². The first-order valence-electron chi connectivity index (χ1n) is 7.09. The summed E-state index contributed by atoms with van der Waals surface area (Å²) in [7, 11) is 0. The molecule has 0 spiro atoms. The van der Waals surface area contributed by atoms with E-state index in [1.54, 1.807) is 11.1 Å². The van der Waals surface area contributed by atoms with Crippen LogP contribution in [0, 0.1) is 6.92 Å². The molecule has 2 aromatic rings. The standard InChI is InChI=1S/C16H20N4O/c1-4-20(5-2)16(21)14-10-18-15(11-17-14)19-13-9-7-6-8-12(13)3/h6-11H,4-5H2,1-3H3,(H,18,19). The molecule has 0 aliphatic carbocycles. The smallest absolute Gasteiger partial charge is 0.274 e. The van der Waals surface area contributed by atoms with Crippen molar-refractivity contribution < 1.29 is 4.79 Å². The number of nitrogens with zero attached hydrogens (tertiary/aromatic N) is 3. The van der Waals surface area contributed by atoms with Gasteiger partial charge in [0.1, 0.15) is 11.5 Å². The molecule has 0 saturated carbocycles. The maximum absolute atomic E-state index is 12.1. The topological polar surface area (TPSA) is 58.1 Å². The first-order valence-corrected chi connectivity index (χ1v) is 7.09. The largest absolute Gasteiger partial charge is 0.339 e. The van der Waals surface area contributed by atoms with Crippen LogP contribution in [-0.2, 0) is 0 Å².